The fourth-order valence-electron chi connectivity index (χ4n) is 1.18. The first-order valence-corrected chi connectivity index (χ1v) is 5.41. The summed E-state index contributed by atoms with van der Waals surface area (Å²) in [5.41, 5.74) is 1.21. The Bertz CT molecular complexity index is 247. The molecule has 0 unspecified atom stereocenters. The Labute approximate surface area is 77.8 Å². The number of phenolic OH excluding ortho intramolecular Hbond substituents is 1. The highest BCUT2D eigenvalue weighted by molar-refractivity contribution is 7.98. The summed E-state index contributed by atoms with van der Waals surface area (Å²) in [6, 6.07) is 7.48. The van der Waals surface area contributed by atoms with Crippen LogP contribution in [0.15, 0.2) is 24.3 Å². The van der Waals surface area contributed by atoms with Gasteiger partial charge >= 0.3 is 0 Å². The van der Waals surface area contributed by atoms with Crippen LogP contribution in [-0.4, -0.2) is 17.1 Å². The summed E-state index contributed by atoms with van der Waals surface area (Å²) in [5, 5.41) is 9.22. The highest BCUT2D eigenvalue weighted by Gasteiger charge is 2.04. The zero-order chi connectivity index (χ0) is 8.97. The van der Waals surface area contributed by atoms with E-state index in [0.29, 0.717) is 11.7 Å². The van der Waals surface area contributed by atoms with Gasteiger partial charge in [0.1, 0.15) is 5.75 Å². The molecule has 0 amide bonds. The van der Waals surface area contributed by atoms with Crippen molar-refractivity contribution in [3.63, 3.8) is 0 Å². The van der Waals surface area contributed by atoms with Gasteiger partial charge in [0.25, 0.3) is 0 Å². The van der Waals surface area contributed by atoms with E-state index in [1.165, 1.54) is 5.56 Å². The van der Waals surface area contributed by atoms with Crippen molar-refractivity contribution < 1.29 is 5.11 Å². The summed E-state index contributed by atoms with van der Waals surface area (Å²) in [6.07, 6.45) is 2.10. The first-order chi connectivity index (χ1) is 5.74. The van der Waals surface area contributed by atoms with Gasteiger partial charge in [-0.05, 0) is 35.6 Å². The molecule has 0 aliphatic heterocycles. The monoisotopic (exact) mass is 182 g/mol. The Morgan fingerprint density at radius 3 is 2.83 bits per heavy atom. The van der Waals surface area contributed by atoms with E-state index < -0.39 is 0 Å². The lowest BCUT2D eigenvalue weighted by Gasteiger charge is -2.09. The predicted molar refractivity (Wildman–Crippen MR) is 54.9 cm³/mol. The highest BCUT2D eigenvalue weighted by Crippen LogP contribution is 2.22. The van der Waals surface area contributed by atoms with Crippen molar-refractivity contribution >= 4 is 11.8 Å². The number of benzene rings is 1. The standard InChI is InChI=1S/C10H14OS/c1-8(7-12-2)9-4-3-5-10(11)6-9/h3-6,8,11H,7H2,1-2H3/t8-/m1/s1. The van der Waals surface area contributed by atoms with Crippen LogP contribution < -0.4 is 0 Å². The first kappa shape index (κ1) is 9.46. The molecule has 0 radical (unpaired) electrons. The Morgan fingerprint density at radius 1 is 1.50 bits per heavy atom. The van der Waals surface area contributed by atoms with Gasteiger partial charge in [-0.3, -0.25) is 0 Å². The number of thioether (sulfide) groups is 1. The summed E-state index contributed by atoms with van der Waals surface area (Å²) in [4.78, 5) is 0. The van der Waals surface area contributed by atoms with E-state index in [-0.39, 0.29) is 0 Å². The summed E-state index contributed by atoms with van der Waals surface area (Å²) in [6.45, 7) is 2.17. The molecule has 0 aliphatic carbocycles. The van der Waals surface area contributed by atoms with Crippen molar-refractivity contribution in [3.8, 4) is 5.75 Å². The Morgan fingerprint density at radius 2 is 2.25 bits per heavy atom. The van der Waals surface area contributed by atoms with E-state index in [4.69, 9.17) is 0 Å². The topological polar surface area (TPSA) is 20.2 Å². The van der Waals surface area contributed by atoms with Gasteiger partial charge in [0, 0.05) is 0 Å². The lowest BCUT2D eigenvalue weighted by molar-refractivity contribution is 0.474. The molecule has 12 heavy (non-hydrogen) atoms. The largest absolute Gasteiger partial charge is 0.508 e. The van der Waals surface area contributed by atoms with Crippen molar-refractivity contribution in [2.75, 3.05) is 12.0 Å². The van der Waals surface area contributed by atoms with E-state index in [9.17, 15) is 5.11 Å². The predicted octanol–water partition coefficient (Wildman–Crippen LogP) is 2.86. The van der Waals surface area contributed by atoms with Crippen LogP contribution in [-0.2, 0) is 0 Å². The van der Waals surface area contributed by atoms with Gasteiger partial charge in [0.2, 0.25) is 0 Å². The maximum absolute atomic E-state index is 9.22. The van der Waals surface area contributed by atoms with Gasteiger partial charge in [-0.25, -0.2) is 0 Å². The van der Waals surface area contributed by atoms with Crippen molar-refractivity contribution in [1.82, 2.24) is 0 Å². The SMILES string of the molecule is CSC[C@@H](C)c1cccc(O)c1. The van der Waals surface area contributed by atoms with E-state index in [2.05, 4.69) is 19.2 Å². The minimum Gasteiger partial charge on any atom is -0.508 e. The Kier molecular flexibility index (Phi) is 3.48. The average molecular weight is 182 g/mol. The maximum atomic E-state index is 9.22. The molecule has 0 aromatic heterocycles. The number of aromatic hydroxyl groups is 1. The van der Waals surface area contributed by atoms with Crippen LogP contribution in [0, 0.1) is 0 Å². The highest BCUT2D eigenvalue weighted by atomic mass is 32.2. The zero-order valence-electron chi connectivity index (χ0n) is 7.45. The molecule has 1 rings (SSSR count). The Balaban J connectivity index is 2.73. The molecule has 1 atom stereocenters. The fraction of sp³-hybridized carbons (Fsp3) is 0.400. The molecule has 1 nitrogen and oxygen atoms in total. The number of rotatable bonds is 3. The van der Waals surface area contributed by atoms with Crippen LogP contribution in [0.25, 0.3) is 0 Å². The first-order valence-electron chi connectivity index (χ1n) is 4.02. The molecule has 1 aromatic rings. The molecule has 1 N–H and O–H groups in total. The molecule has 0 saturated heterocycles. The van der Waals surface area contributed by atoms with E-state index in [1.807, 2.05) is 23.9 Å². The van der Waals surface area contributed by atoms with Gasteiger partial charge in [-0.2, -0.15) is 11.8 Å². The van der Waals surface area contributed by atoms with E-state index in [1.54, 1.807) is 6.07 Å². The molecular formula is C10H14OS. The van der Waals surface area contributed by atoms with Crippen molar-refractivity contribution in [1.29, 1.82) is 0 Å². The third-order valence-corrected chi connectivity index (χ3v) is 2.69. The molecular weight excluding hydrogens is 168 g/mol. The van der Waals surface area contributed by atoms with Gasteiger partial charge in [0.15, 0.2) is 0 Å². The second kappa shape index (κ2) is 4.41. The molecule has 0 spiro atoms. The Hall–Kier alpha value is -0.630. The van der Waals surface area contributed by atoms with E-state index in [0.717, 1.165) is 5.75 Å². The second-order valence-corrected chi connectivity index (χ2v) is 3.86. The maximum Gasteiger partial charge on any atom is 0.115 e. The summed E-state index contributed by atoms with van der Waals surface area (Å²) < 4.78 is 0. The van der Waals surface area contributed by atoms with Gasteiger partial charge in [0.05, 0.1) is 0 Å². The molecule has 1 aromatic carbocycles. The van der Waals surface area contributed by atoms with Crippen LogP contribution in [0.4, 0.5) is 0 Å². The van der Waals surface area contributed by atoms with Crippen LogP contribution >= 0.6 is 11.8 Å². The smallest absolute Gasteiger partial charge is 0.115 e. The number of hydrogen-bond donors (Lipinski definition) is 1. The summed E-state index contributed by atoms with van der Waals surface area (Å²) >= 11 is 1.83. The van der Waals surface area contributed by atoms with Crippen LogP contribution in [0.3, 0.4) is 0 Å². The average Bonchev–Trinajstić information content (AvgIpc) is 2.05. The van der Waals surface area contributed by atoms with Gasteiger partial charge in [-0.1, -0.05) is 19.1 Å². The van der Waals surface area contributed by atoms with Crippen LogP contribution in [0.5, 0.6) is 5.75 Å². The molecule has 0 bridgehead atoms. The molecule has 0 saturated carbocycles. The number of hydrogen-bond acceptors (Lipinski definition) is 2. The normalized spacial score (nSPS) is 12.8. The summed E-state index contributed by atoms with van der Waals surface area (Å²) in [7, 11) is 0. The molecule has 0 fully saturated rings. The summed E-state index contributed by atoms with van der Waals surface area (Å²) in [5.74, 6) is 1.98. The fourth-order valence-corrected chi connectivity index (χ4v) is 1.87. The van der Waals surface area contributed by atoms with Crippen molar-refractivity contribution in [2.45, 2.75) is 12.8 Å². The lowest BCUT2D eigenvalue weighted by Crippen LogP contribution is -1.95. The second-order valence-electron chi connectivity index (χ2n) is 2.95. The zero-order valence-corrected chi connectivity index (χ0v) is 8.27. The van der Waals surface area contributed by atoms with Crippen molar-refractivity contribution in [3.05, 3.63) is 29.8 Å². The van der Waals surface area contributed by atoms with Crippen LogP contribution in [0.1, 0.15) is 18.4 Å². The third kappa shape index (κ3) is 2.45. The minimum absolute atomic E-state index is 0.362. The molecule has 0 heterocycles. The molecule has 0 aliphatic rings. The van der Waals surface area contributed by atoms with E-state index >= 15 is 0 Å². The van der Waals surface area contributed by atoms with Gasteiger partial charge in [-0.15, -0.1) is 0 Å². The molecule has 2 heteroatoms. The third-order valence-electron chi connectivity index (χ3n) is 1.86. The van der Waals surface area contributed by atoms with Gasteiger partial charge < -0.3 is 5.11 Å². The van der Waals surface area contributed by atoms with Crippen molar-refractivity contribution in [2.24, 2.45) is 0 Å². The minimum atomic E-state index is 0.362. The van der Waals surface area contributed by atoms with Crippen LogP contribution in [0.2, 0.25) is 0 Å². The number of phenols is 1. The quantitative estimate of drug-likeness (QED) is 0.775. The molecule has 66 valence electrons. The lowest BCUT2D eigenvalue weighted by atomic mass is 10.0.